The van der Waals surface area contributed by atoms with Gasteiger partial charge < -0.3 is 20.1 Å². The molecule has 0 unspecified atom stereocenters. The van der Waals surface area contributed by atoms with Gasteiger partial charge in [-0.15, -0.1) is 0 Å². The maximum atomic E-state index is 12.4. The molecule has 0 aliphatic carbocycles. The van der Waals surface area contributed by atoms with Crippen molar-refractivity contribution in [3.63, 3.8) is 0 Å². The lowest BCUT2D eigenvalue weighted by molar-refractivity contribution is -0.293. The fourth-order valence-electron chi connectivity index (χ4n) is 1.71. The molecule has 0 spiro atoms. The predicted molar refractivity (Wildman–Crippen MR) is 62.4 cm³/mol. The molecular weight excluding hydrogens is 279 g/mol. The van der Waals surface area contributed by atoms with E-state index in [1.807, 2.05) is 0 Å². The highest BCUT2D eigenvalue weighted by Gasteiger charge is 2.62. The lowest BCUT2D eigenvalue weighted by Crippen LogP contribution is -2.70. The normalized spacial score (nSPS) is 17.4. The first-order chi connectivity index (χ1) is 9.25. The van der Waals surface area contributed by atoms with Gasteiger partial charge in [-0.1, -0.05) is 0 Å². The summed E-state index contributed by atoms with van der Waals surface area (Å²) in [5.74, 6) is 0.262. The molecule has 1 saturated heterocycles. The quantitative estimate of drug-likeness (QED) is 0.859. The Morgan fingerprint density at radius 2 is 2.20 bits per heavy atom. The van der Waals surface area contributed by atoms with Crippen molar-refractivity contribution in [2.75, 3.05) is 25.5 Å². The number of pyridine rings is 1. The van der Waals surface area contributed by atoms with E-state index in [2.05, 4.69) is 10.3 Å². The summed E-state index contributed by atoms with van der Waals surface area (Å²) < 4.78 is 42.1. The maximum absolute atomic E-state index is 12.4. The average molecular weight is 291 g/mol. The third kappa shape index (κ3) is 2.62. The molecule has 9 heteroatoms. The monoisotopic (exact) mass is 291 g/mol. The topological polar surface area (TPSA) is 74.7 Å². The van der Waals surface area contributed by atoms with E-state index in [9.17, 15) is 23.1 Å². The molecule has 0 saturated carbocycles. The van der Waals surface area contributed by atoms with E-state index < -0.39 is 30.9 Å². The molecule has 0 bridgehead atoms. The molecule has 2 N–H and O–H groups in total. The van der Waals surface area contributed by atoms with Gasteiger partial charge in [-0.05, 0) is 6.07 Å². The van der Waals surface area contributed by atoms with Crippen LogP contribution in [-0.2, 0) is 0 Å². The van der Waals surface area contributed by atoms with Crippen molar-refractivity contribution in [1.82, 2.24) is 9.88 Å². The number of hydrogen-bond acceptors (Lipinski definition) is 4. The summed E-state index contributed by atoms with van der Waals surface area (Å²) >= 11 is 0. The summed E-state index contributed by atoms with van der Waals surface area (Å²) in [7, 11) is 1.40. The largest absolute Gasteiger partial charge is 0.481 e. The number of nitrogens with zero attached hydrogens (tertiary/aromatic N) is 2. The summed E-state index contributed by atoms with van der Waals surface area (Å²) in [6.07, 6.45) is -3.36. The highest BCUT2D eigenvalue weighted by molar-refractivity contribution is 5.90. The van der Waals surface area contributed by atoms with Crippen LogP contribution in [0.2, 0.25) is 0 Å². The Balaban J connectivity index is 1.95. The molecule has 1 aromatic heterocycles. The SMILES string of the molecule is COc1cc(NC(=O)N2CC(O)(C(F)(F)F)C2)ccn1. The second-order valence-electron chi connectivity index (χ2n) is 4.40. The number of aromatic nitrogens is 1. The van der Waals surface area contributed by atoms with Gasteiger partial charge in [0.05, 0.1) is 20.2 Å². The van der Waals surface area contributed by atoms with Crippen LogP contribution in [0.1, 0.15) is 0 Å². The molecule has 2 amide bonds. The number of aliphatic hydroxyl groups is 1. The second kappa shape index (κ2) is 4.82. The van der Waals surface area contributed by atoms with E-state index in [1.54, 1.807) is 0 Å². The van der Waals surface area contributed by atoms with E-state index in [1.165, 1.54) is 25.4 Å². The van der Waals surface area contributed by atoms with Crippen molar-refractivity contribution in [3.05, 3.63) is 18.3 Å². The number of halogens is 3. The Bertz CT molecular complexity index is 515. The predicted octanol–water partition coefficient (Wildman–Crippen LogP) is 1.23. The van der Waals surface area contributed by atoms with Crippen molar-refractivity contribution in [2.24, 2.45) is 0 Å². The molecule has 0 aromatic carbocycles. The lowest BCUT2D eigenvalue weighted by Gasteiger charge is -2.46. The molecule has 1 aromatic rings. The molecule has 1 fully saturated rings. The van der Waals surface area contributed by atoms with Crippen LogP contribution in [0, 0.1) is 0 Å². The van der Waals surface area contributed by atoms with Crippen molar-refractivity contribution in [1.29, 1.82) is 0 Å². The van der Waals surface area contributed by atoms with Crippen molar-refractivity contribution in [2.45, 2.75) is 11.8 Å². The number of methoxy groups -OCH3 is 1. The summed E-state index contributed by atoms with van der Waals surface area (Å²) in [5, 5.41) is 11.6. The fraction of sp³-hybridized carbons (Fsp3) is 0.455. The number of alkyl halides is 3. The van der Waals surface area contributed by atoms with Gasteiger partial charge in [-0.25, -0.2) is 9.78 Å². The first-order valence-electron chi connectivity index (χ1n) is 5.60. The molecular formula is C11H12F3N3O3. The number of urea groups is 1. The second-order valence-corrected chi connectivity index (χ2v) is 4.40. The standard InChI is InChI=1S/C11H12F3N3O3/c1-20-8-4-7(2-3-15-8)16-9(18)17-5-10(19,6-17)11(12,13)14/h2-4,19H,5-6H2,1H3,(H,15,16,18). The Kier molecular flexibility index (Phi) is 3.46. The molecule has 1 aliphatic heterocycles. The van der Waals surface area contributed by atoms with E-state index in [-0.39, 0.29) is 5.88 Å². The number of β-amino-alcohol motifs (C(OH)–C–C–N with tert-alkyl or cyclic N) is 1. The Morgan fingerprint density at radius 1 is 1.55 bits per heavy atom. The van der Waals surface area contributed by atoms with Gasteiger partial charge >= 0.3 is 12.2 Å². The number of likely N-dealkylation sites (tertiary alicyclic amines) is 1. The van der Waals surface area contributed by atoms with Crippen LogP contribution in [0.4, 0.5) is 23.7 Å². The third-order valence-corrected chi connectivity index (χ3v) is 2.91. The fourth-order valence-corrected chi connectivity index (χ4v) is 1.71. The number of anilines is 1. The van der Waals surface area contributed by atoms with Crippen molar-refractivity contribution in [3.8, 4) is 5.88 Å². The summed E-state index contributed by atoms with van der Waals surface area (Å²) in [5.41, 5.74) is -2.48. The number of carbonyl (C=O) groups is 1. The number of amides is 2. The molecule has 2 rings (SSSR count). The zero-order valence-corrected chi connectivity index (χ0v) is 10.4. The maximum Gasteiger partial charge on any atom is 0.420 e. The number of hydrogen-bond donors (Lipinski definition) is 2. The molecule has 2 heterocycles. The zero-order valence-electron chi connectivity index (χ0n) is 10.4. The van der Waals surface area contributed by atoms with Crippen LogP contribution in [0.25, 0.3) is 0 Å². The van der Waals surface area contributed by atoms with Crippen molar-refractivity contribution < 1.29 is 27.8 Å². The number of nitrogens with one attached hydrogen (secondary N) is 1. The van der Waals surface area contributed by atoms with E-state index in [4.69, 9.17) is 4.74 Å². The Labute approximate surface area is 112 Å². The van der Waals surface area contributed by atoms with Gasteiger partial charge in [0.25, 0.3) is 0 Å². The van der Waals surface area contributed by atoms with Crippen molar-refractivity contribution >= 4 is 11.7 Å². The van der Waals surface area contributed by atoms with Crippen LogP contribution >= 0.6 is 0 Å². The van der Waals surface area contributed by atoms with Gasteiger partial charge in [0, 0.05) is 18.0 Å². The minimum atomic E-state index is -4.75. The van der Waals surface area contributed by atoms with Crippen LogP contribution < -0.4 is 10.1 Å². The first-order valence-corrected chi connectivity index (χ1v) is 5.60. The minimum Gasteiger partial charge on any atom is -0.481 e. The number of rotatable bonds is 2. The highest BCUT2D eigenvalue weighted by Crippen LogP contribution is 2.37. The highest BCUT2D eigenvalue weighted by atomic mass is 19.4. The van der Waals surface area contributed by atoms with Crippen LogP contribution in [0.3, 0.4) is 0 Å². The molecule has 6 nitrogen and oxygen atoms in total. The van der Waals surface area contributed by atoms with Gasteiger partial charge in [-0.3, -0.25) is 0 Å². The van der Waals surface area contributed by atoms with E-state index >= 15 is 0 Å². The smallest absolute Gasteiger partial charge is 0.420 e. The van der Waals surface area contributed by atoms with Crippen LogP contribution in [-0.4, -0.2) is 53.0 Å². The number of carbonyl (C=O) groups excluding carboxylic acids is 1. The van der Waals surface area contributed by atoms with Crippen LogP contribution in [0.15, 0.2) is 18.3 Å². The van der Waals surface area contributed by atoms with E-state index in [0.717, 1.165) is 4.90 Å². The molecule has 1 aliphatic rings. The summed E-state index contributed by atoms with van der Waals surface area (Å²) in [4.78, 5) is 16.4. The first kappa shape index (κ1) is 14.4. The molecule has 20 heavy (non-hydrogen) atoms. The zero-order chi connectivity index (χ0) is 15.0. The Hall–Kier alpha value is -2.03. The Morgan fingerprint density at radius 3 is 2.75 bits per heavy atom. The van der Waals surface area contributed by atoms with Gasteiger partial charge in [0.1, 0.15) is 0 Å². The summed E-state index contributed by atoms with van der Waals surface area (Å²) in [6, 6.07) is 2.16. The van der Waals surface area contributed by atoms with Gasteiger partial charge in [-0.2, -0.15) is 13.2 Å². The molecule has 110 valence electrons. The lowest BCUT2D eigenvalue weighted by atomic mass is 9.94. The average Bonchev–Trinajstić information content (AvgIpc) is 2.33. The van der Waals surface area contributed by atoms with E-state index in [0.29, 0.717) is 5.69 Å². The minimum absolute atomic E-state index is 0.262. The molecule has 0 radical (unpaired) electrons. The number of ether oxygens (including phenoxy) is 1. The van der Waals surface area contributed by atoms with Gasteiger partial charge in [0.2, 0.25) is 5.88 Å². The van der Waals surface area contributed by atoms with Gasteiger partial charge in [0.15, 0.2) is 5.60 Å². The molecule has 0 atom stereocenters. The third-order valence-electron chi connectivity index (χ3n) is 2.91. The van der Waals surface area contributed by atoms with Crippen LogP contribution in [0.5, 0.6) is 5.88 Å². The summed E-state index contributed by atoms with van der Waals surface area (Å²) in [6.45, 7) is -1.57.